The molecule has 2 nitrogen and oxygen atoms in total. The number of rotatable bonds is 4. The van der Waals surface area contributed by atoms with Crippen molar-refractivity contribution in [3.05, 3.63) is 20.8 Å². The van der Waals surface area contributed by atoms with Gasteiger partial charge in [-0.15, -0.1) is 11.3 Å². The maximum Gasteiger partial charge on any atom is 0.0621 e. The number of thiophene rings is 1. The second-order valence-electron chi connectivity index (χ2n) is 4.73. The van der Waals surface area contributed by atoms with Crippen LogP contribution in [0.4, 0.5) is 0 Å². The number of nitrogens with one attached hydrogen (secondary N) is 1. The molecule has 2 aliphatic rings. The van der Waals surface area contributed by atoms with Crippen LogP contribution in [-0.4, -0.2) is 18.8 Å². The molecule has 0 radical (unpaired) electrons. The Bertz CT molecular complexity index is 368. The molecule has 0 amide bonds. The first-order valence-corrected chi connectivity index (χ1v) is 7.57. The Kier molecular flexibility index (Phi) is 3.34. The van der Waals surface area contributed by atoms with E-state index in [-0.39, 0.29) is 0 Å². The zero-order valence-electron chi connectivity index (χ0n) is 9.12. The molecule has 88 valence electrons. The van der Waals surface area contributed by atoms with Gasteiger partial charge in [0.1, 0.15) is 0 Å². The van der Waals surface area contributed by atoms with Gasteiger partial charge < -0.3 is 10.1 Å². The highest BCUT2D eigenvalue weighted by Crippen LogP contribution is 2.38. The third kappa shape index (κ3) is 2.35. The van der Waals surface area contributed by atoms with E-state index in [4.69, 9.17) is 4.74 Å². The molecule has 0 spiro atoms. The molecule has 2 aliphatic heterocycles. The van der Waals surface area contributed by atoms with E-state index in [1.54, 1.807) is 11.3 Å². The molecule has 3 heterocycles. The minimum absolute atomic E-state index is 0.549. The lowest BCUT2D eigenvalue weighted by Crippen LogP contribution is -2.28. The zero-order chi connectivity index (χ0) is 11.0. The van der Waals surface area contributed by atoms with Crippen LogP contribution in [0.25, 0.3) is 0 Å². The minimum atomic E-state index is 0.549. The van der Waals surface area contributed by atoms with Crippen LogP contribution in [0, 0.1) is 5.92 Å². The van der Waals surface area contributed by atoms with Gasteiger partial charge in [-0.05, 0) is 41.3 Å². The van der Waals surface area contributed by atoms with Crippen molar-refractivity contribution >= 4 is 27.3 Å². The van der Waals surface area contributed by atoms with E-state index in [0.29, 0.717) is 12.2 Å². The second-order valence-corrected chi connectivity index (χ2v) is 6.64. The van der Waals surface area contributed by atoms with E-state index >= 15 is 0 Å². The SMILES string of the molecule is Brc1csc(CNCC2CC3CCC2O3)c1. The summed E-state index contributed by atoms with van der Waals surface area (Å²) in [5.74, 6) is 0.752. The zero-order valence-corrected chi connectivity index (χ0v) is 11.5. The number of hydrogen-bond acceptors (Lipinski definition) is 3. The highest BCUT2D eigenvalue weighted by Gasteiger charge is 2.40. The fourth-order valence-electron chi connectivity index (χ4n) is 2.79. The molecule has 2 bridgehead atoms. The summed E-state index contributed by atoms with van der Waals surface area (Å²) in [6.45, 7) is 2.10. The van der Waals surface area contributed by atoms with E-state index in [2.05, 4.69) is 32.7 Å². The van der Waals surface area contributed by atoms with Gasteiger partial charge in [-0.1, -0.05) is 0 Å². The lowest BCUT2D eigenvalue weighted by molar-refractivity contribution is 0.0924. The fourth-order valence-corrected chi connectivity index (χ4v) is 4.21. The molecule has 0 aromatic carbocycles. The molecule has 3 atom stereocenters. The average molecular weight is 302 g/mol. The molecule has 3 rings (SSSR count). The normalized spacial score (nSPS) is 32.4. The van der Waals surface area contributed by atoms with E-state index in [0.717, 1.165) is 19.0 Å². The van der Waals surface area contributed by atoms with E-state index in [9.17, 15) is 0 Å². The van der Waals surface area contributed by atoms with Gasteiger partial charge >= 0.3 is 0 Å². The van der Waals surface area contributed by atoms with Gasteiger partial charge in [-0.2, -0.15) is 0 Å². The monoisotopic (exact) mass is 301 g/mol. The van der Waals surface area contributed by atoms with Crippen LogP contribution in [0.1, 0.15) is 24.1 Å². The molecule has 0 saturated carbocycles. The molecule has 16 heavy (non-hydrogen) atoms. The van der Waals surface area contributed by atoms with Crippen molar-refractivity contribution in [3.63, 3.8) is 0 Å². The Labute approximate surface area is 109 Å². The second kappa shape index (κ2) is 4.77. The van der Waals surface area contributed by atoms with Crippen LogP contribution in [0.15, 0.2) is 15.9 Å². The Morgan fingerprint density at radius 3 is 3.06 bits per heavy atom. The summed E-state index contributed by atoms with van der Waals surface area (Å²) >= 11 is 5.29. The van der Waals surface area contributed by atoms with Gasteiger partial charge in [-0.25, -0.2) is 0 Å². The Hall–Kier alpha value is 0.1000. The number of hydrogen-bond donors (Lipinski definition) is 1. The standard InChI is InChI=1S/C12H16BrNOS/c13-9-4-11(16-7-9)6-14-5-8-3-10-1-2-12(8)15-10/h4,7-8,10,12,14H,1-3,5-6H2. The number of ether oxygens (including phenoxy) is 1. The van der Waals surface area contributed by atoms with Gasteiger partial charge in [0, 0.05) is 33.7 Å². The molecule has 2 saturated heterocycles. The van der Waals surface area contributed by atoms with Crippen LogP contribution < -0.4 is 5.32 Å². The van der Waals surface area contributed by atoms with E-state index < -0.39 is 0 Å². The molecular weight excluding hydrogens is 286 g/mol. The summed E-state index contributed by atoms with van der Waals surface area (Å²) in [7, 11) is 0. The predicted octanol–water partition coefficient (Wildman–Crippen LogP) is 3.17. The Morgan fingerprint density at radius 2 is 2.44 bits per heavy atom. The maximum absolute atomic E-state index is 5.85. The first-order chi connectivity index (χ1) is 7.81. The Balaban J connectivity index is 1.44. The number of fused-ring (bicyclic) bond motifs is 2. The van der Waals surface area contributed by atoms with Crippen molar-refractivity contribution in [1.29, 1.82) is 0 Å². The topological polar surface area (TPSA) is 21.3 Å². The van der Waals surface area contributed by atoms with Gasteiger partial charge in [0.15, 0.2) is 0 Å². The third-order valence-electron chi connectivity index (χ3n) is 3.56. The highest BCUT2D eigenvalue weighted by molar-refractivity contribution is 9.10. The van der Waals surface area contributed by atoms with Gasteiger partial charge in [0.2, 0.25) is 0 Å². The van der Waals surface area contributed by atoms with Crippen LogP contribution in [0.2, 0.25) is 0 Å². The van der Waals surface area contributed by atoms with Crippen molar-refractivity contribution in [2.75, 3.05) is 6.54 Å². The summed E-state index contributed by atoms with van der Waals surface area (Å²) in [6, 6.07) is 2.19. The highest BCUT2D eigenvalue weighted by atomic mass is 79.9. The molecule has 0 aliphatic carbocycles. The summed E-state index contributed by atoms with van der Waals surface area (Å²) in [5, 5.41) is 5.69. The van der Waals surface area contributed by atoms with Gasteiger partial charge in [-0.3, -0.25) is 0 Å². The van der Waals surface area contributed by atoms with E-state index in [1.807, 2.05) is 0 Å². The molecule has 1 N–H and O–H groups in total. The molecule has 2 fully saturated rings. The fraction of sp³-hybridized carbons (Fsp3) is 0.667. The molecule has 1 aromatic rings. The summed E-state index contributed by atoms with van der Waals surface area (Å²) < 4.78 is 7.04. The lowest BCUT2D eigenvalue weighted by Gasteiger charge is -2.18. The molecular formula is C12H16BrNOS. The quantitative estimate of drug-likeness (QED) is 0.922. The number of halogens is 1. The van der Waals surface area contributed by atoms with Gasteiger partial charge in [0.25, 0.3) is 0 Å². The predicted molar refractivity (Wildman–Crippen MR) is 69.7 cm³/mol. The van der Waals surface area contributed by atoms with Crippen LogP contribution in [0.5, 0.6) is 0 Å². The summed E-state index contributed by atoms with van der Waals surface area (Å²) in [4.78, 5) is 1.40. The van der Waals surface area contributed by atoms with Gasteiger partial charge in [0.05, 0.1) is 12.2 Å². The van der Waals surface area contributed by atoms with Crippen LogP contribution in [0.3, 0.4) is 0 Å². The average Bonchev–Trinajstić information content (AvgIpc) is 2.94. The molecule has 3 unspecified atom stereocenters. The summed E-state index contributed by atoms with van der Waals surface area (Å²) in [6.07, 6.45) is 4.96. The van der Waals surface area contributed by atoms with Crippen molar-refractivity contribution in [2.45, 2.75) is 38.0 Å². The largest absolute Gasteiger partial charge is 0.375 e. The van der Waals surface area contributed by atoms with Crippen molar-refractivity contribution in [2.24, 2.45) is 5.92 Å². The first kappa shape index (κ1) is 11.2. The molecule has 1 aromatic heterocycles. The summed E-state index contributed by atoms with van der Waals surface area (Å²) in [5.41, 5.74) is 0. The minimum Gasteiger partial charge on any atom is -0.375 e. The van der Waals surface area contributed by atoms with Crippen molar-refractivity contribution in [3.8, 4) is 0 Å². The maximum atomic E-state index is 5.85. The van der Waals surface area contributed by atoms with Crippen molar-refractivity contribution in [1.82, 2.24) is 5.32 Å². The first-order valence-electron chi connectivity index (χ1n) is 5.90. The van der Waals surface area contributed by atoms with Crippen LogP contribution >= 0.6 is 27.3 Å². The van der Waals surface area contributed by atoms with Crippen LogP contribution in [-0.2, 0) is 11.3 Å². The Morgan fingerprint density at radius 1 is 1.50 bits per heavy atom. The van der Waals surface area contributed by atoms with E-state index in [1.165, 1.54) is 28.6 Å². The lowest BCUT2D eigenvalue weighted by atomic mass is 9.89. The van der Waals surface area contributed by atoms with Crippen molar-refractivity contribution < 1.29 is 4.74 Å². The smallest absolute Gasteiger partial charge is 0.0621 e. The third-order valence-corrected chi connectivity index (χ3v) is 5.26. The molecule has 4 heteroatoms.